The Morgan fingerprint density at radius 2 is 2.36 bits per heavy atom. The van der Waals surface area contributed by atoms with Gasteiger partial charge in [-0.25, -0.2) is 0 Å². The van der Waals surface area contributed by atoms with E-state index < -0.39 is 0 Å². The van der Waals surface area contributed by atoms with Gasteiger partial charge >= 0.3 is 0 Å². The molecule has 2 rings (SSSR count). The summed E-state index contributed by atoms with van der Waals surface area (Å²) in [5.74, 6) is 0. The lowest BCUT2D eigenvalue weighted by atomic mass is 10.2. The van der Waals surface area contributed by atoms with E-state index in [0.29, 0.717) is 0 Å². The van der Waals surface area contributed by atoms with Crippen LogP contribution in [0.4, 0.5) is 11.4 Å². The minimum absolute atomic E-state index is 0.719. The fourth-order valence-corrected chi connectivity index (χ4v) is 3.07. The van der Waals surface area contributed by atoms with E-state index in [1.807, 2.05) is 17.8 Å². The maximum Gasteiger partial charge on any atom is 0.0522 e. The predicted octanol–water partition coefficient (Wildman–Crippen LogP) is 2.59. The molecule has 0 aliphatic carbocycles. The Bertz CT molecular complexity index is 338. The highest BCUT2D eigenvalue weighted by molar-refractivity contribution is 8.00. The Morgan fingerprint density at radius 1 is 1.57 bits per heavy atom. The van der Waals surface area contributed by atoms with Crippen LogP contribution in [0.2, 0.25) is 0 Å². The molecule has 0 spiro atoms. The van der Waals surface area contributed by atoms with Crippen molar-refractivity contribution in [1.82, 2.24) is 0 Å². The zero-order valence-corrected chi connectivity index (χ0v) is 9.47. The Kier molecular flexibility index (Phi) is 2.59. The summed E-state index contributed by atoms with van der Waals surface area (Å²) in [5.41, 5.74) is 7.91. The average molecular weight is 208 g/mol. The number of hydrogen-bond donors (Lipinski definition) is 1. The fourth-order valence-electron chi connectivity index (χ4n) is 1.77. The molecule has 1 unspecified atom stereocenters. The number of rotatable bonds is 1. The third-order valence-corrected chi connectivity index (χ3v) is 4.04. The van der Waals surface area contributed by atoms with Gasteiger partial charge < -0.3 is 10.6 Å². The quantitative estimate of drug-likeness (QED) is 0.719. The minimum Gasteiger partial charge on any atom is -0.399 e. The molecule has 1 atom stereocenters. The molecule has 0 aromatic heterocycles. The Hall–Kier alpha value is -0.830. The van der Waals surface area contributed by atoms with Crippen LogP contribution in [-0.4, -0.2) is 18.8 Å². The minimum atomic E-state index is 0.719. The second-order valence-corrected chi connectivity index (χ2v) is 5.10. The van der Waals surface area contributed by atoms with Gasteiger partial charge in [0.25, 0.3) is 0 Å². The maximum atomic E-state index is 5.78. The molecule has 2 nitrogen and oxygen atoms in total. The molecule has 76 valence electrons. The molecule has 14 heavy (non-hydrogen) atoms. The molecule has 3 heteroatoms. The van der Waals surface area contributed by atoms with Crippen LogP contribution in [0, 0.1) is 0 Å². The SMILES string of the molecule is CCC1CN(C)c2cc(N)ccc2S1. The van der Waals surface area contributed by atoms with E-state index in [9.17, 15) is 0 Å². The van der Waals surface area contributed by atoms with E-state index in [0.717, 1.165) is 17.5 Å². The normalized spacial score (nSPS) is 20.7. The number of hydrogen-bond acceptors (Lipinski definition) is 3. The molecule has 0 radical (unpaired) electrons. The van der Waals surface area contributed by atoms with Gasteiger partial charge in [0, 0.05) is 29.4 Å². The van der Waals surface area contributed by atoms with Crippen molar-refractivity contribution in [2.45, 2.75) is 23.5 Å². The van der Waals surface area contributed by atoms with Crippen LogP contribution in [0.1, 0.15) is 13.3 Å². The number of nitrogen functional groups attached to an aromatic ring is 1. The van der Waals surface area contributed by atoms with Crippen molar-refractivity contribution in [3.8, 4) is 0 Å². The molecule has 1 aromatic carbocycles. The summed E-state index contributed by atoms with van der Waals surface area (Å²) >= 11 is 1.97. The average Bonchev–Trinajstić information content (AvgIpc) is 2.19. The highest BCUT2D eigenvalue weighted by atomic mass is 32.2. The highest BCUT2D eigenvalue weighted by Gasteiger charge is 2.21. The molecule has 0 bridgehead atoms. The molecule has 0 fully saturated rings. The lowest BCUT2D eigenvalue weighted by molar-refractivity contribution is 0.767. The Labute approximate surface area is 89.5 Å². The molecule has 0 saturated carbocycles. The third-order valence-electron chi connectivity index (χ3n) is 2.62. The fraction of sp³-hybridized carbons (Fsp3) is 0.455. The maximum absolute atomic E-state index is 5.78. The zero-order valence-electron chi connectivity index (χ0n) is 8.66. The molecule has 1 aliphatic heterocycles. The van der Waals surface area contributed by atoms with Crippen LogP contribution < -0.4 is 10.6 Å². The van der Waals surface area contributed by atoms with Crippen LogP contribution in [0.15, 0.2) is 23.1 Å². The molecule has 0 amide bonds. The van der Waals surface area contributed by atoms with Gasteiger partial charge in [-0.05, 0) is 24.6 Å². The molecule has 2 N–H and O–H groups in total. The first-order valence-electron chi connectivity index (χ1n) is 4.98. The summed E-state index contributed by atoms with van der Waals surface area (Å²) in [6, 6.07) is 6.18. The number of benzene rings is 1. The highest BCUT2D eigenvalue weighted by Crippen LogP contribution is 2.39. The molecule has 1 heterocycles. The first-order valence-corrected chi connectivity index (χ1v) is 5.86. The molecule has 1 aromatic rings. The number of thioether (sulfide) groups is 1. The van der Waals surface area contributed by atoms with Crippen molar-refractivity contribution in [3.63, 3.8) is 0 Å². The van der Waals surface area contributed by atoms with Crippen molar-refractivity contribution in [2.24, 2.45) is 0 Å². The third kappa shape index (κ3) is 1.69. The second kappa shape index (κ2) is 3.73. The number of anilines is 2. The molecular formula is C11H16N2S. The van der Waals surface area contributed by atoms with Gasteiger partial charge in [-0.2, -0.15) is 0 Å². The van der Waals surface area contributed by atoms with Crippen molar-refractivity contribution in [2.75, 3.05) is 24.2 Å². The van der Waals surface area contributed by atoms with E-state index in [-0.39, 0.29) is 0 Å². The zero-order chi connectivity index (χ0) is 10.1. The summed E-state index contributed by atoms with van der Waals surface area (Å²) in [4.78, 5) is 3.66. The number of nitrogens with two attached hydrogens (primary N) is 1. The van der Waals surface area contributed by atoms with Crippen LogP contribution in [-0.2, 0) is 0 Å². The van der Waals surface area contributed by atoms with Gasteiger partial charge in [-0.3, -0.25) is 0 Å². The lowest BCUT2D eigenvalue weighted by Gasteiger charge is -2.32. The van der Waals surface area contributed by atoms with Gasteiger partial charge in [0.15, 0.2) is 0 Å². The molecule has 0 saturated heterocycles. The Morgan fingerprint density at radius 3 is 3.07 bits per heavy atom. The second-order valence-electron chi connectivity index (χ2n) is 3.76. The summed E-state index contributed by atoms with van der Waals surface area (Å²) in [5, 5.41) is 0.719. The monoisotopic (exact) mass is 208 g/mol. The summed E-state index contributed by atoms with van der Waals surface area (Å²) in [6.45, 7) is 3.37. The van der Waals surface area contributed by atoms with Gasteiger partial charge in [0.1, 0.15) is 0 Å². The molecular weight excluding hydrogens is 192 g/mol. The van der Waals surface area contributed by atoms with E-state index in [2.05, 4.69) is 31.0 Å². The number of nitrogens with zero attached hydrogens (tertiary/aromatic N) is 1. The van der Waals surface area contributed by atoms with E-state index in [4.69, 9.17) is 5.73 Å². The topological polar surface area (TPSA) is 29.3 Å². The summed E-state index contributed by atoms with van der Waals surface area (Å²) in [6.07, 6.45) is 1.22. The van der Waals surface area contributed by atoms with E-state index in [1.54, 1.807) is 0 Å². The van der Waals surface area contributed by atoms with Gasteiger partial charge in [0.05, 0.1) is 5.69 Å². The van der Waals surface area contributed by atoms with E-state index >= 15 is 0 Å². The van der Waals surface area contributed by atoms with Gasteiger partial charge in [-0.1, -0.05) is 6.92 Å². The Balaban J connectivity index is 2.35. The van der Waals surface area contributed by atoms with Crippen LogP contribution in [0.3, 0.4) is 0 Å². The van der Waals surface area contributed by atoms with Crippen molar-refractivity contribution in [3.05, 3.63) is 18.2 Å². The molecule has 1 aliphatic rings. The first-order chi connectivity index (χ1) is 6.70. The van der Waals surface area contributed by atoms with Crippen molar-refractivity contribution >= 4 is 23.1 Å². The smallest absolute Gasteiger partial charge is 0.0522 e. The van der Waals surface area contributed by atoms with Crippen molar-refractivity contribution in [1.29, 1.82) is 0 Å². The van der Waals surface area contributed by atoms with Gasteiger partial charge in [0.2, 0.25) is 0 Å². The summed E-state index contributed by atoms with van der Waals surface area (Å²) in [7, 11) is 2.14. The van der Waals surface area contributed by atoms with Crippen LogP contribution in [0.5, 0.6) is 0 Å². The standard InChI is InChI=1S/C11H16N2S/c1-3-9-7-13(2)10-6-8(12)4-5-11(10)14-9/h4-6,9H,3,7,12H2,1-2H3. The van der Waals surface area contributed by atoms with Crippen LogP contribution >= 0.6 is 11.8 Å². The number of fused-ring (bicyclic) bond motifs is 1. The van der Waals surface area contributed by atoms with Crippen molar-refractivity contribution < 1.29 is 0 Å². The van der Waals surface area contributed by atoms with Gasteiger partial charge in [-0.15, -0.1) is 11.8 Å². The first kappa shape index (κ1) is 9.71. The predicted molar refractivity (Wildman–Crippen MR) is 64.1 cm³/mol. The van der Waals surface area contributed by atoms with Crippen LogP contribution in [0.25, 0.3) is 0 Å². The summed E-state index contributed by atoms with van der Waals surface area (Å²) < 4.78 is 0. The largest absolute Gasteiger partial charge is 0.399 e. The van der Waals surface area contributed by atoms with E-state index in [1.165, 1.54) is 17.0 Å². The lowest BCUT2D eigenvalue weighted by Crippen LogP contribution is -2.30.